The molecule has 1 saturated heterocycles. The number of benzene rings is 2. The number of pyridine rings is 1. The van der Waals surface area contributed by atoms with E-state index in [1.165, 1.54) is 40.4 Å². The molecule has 0 radical (unpaired) electrons. The molecule has 2 aromatic carbocycles. The van der Waals surface area contributed by atoms with Gasteiger partial charge in [0.15, 0.2) is 4.34 Å². The summed E-state index contributed by atoms with van der Waals surface area (Å²) in [6.45, 7) is 2.70. The van der Waals surface area contributed by atoms with Gasteiger partial charge in [0.25, 0.3) is 5.78 Å². The van der Waals surface area contributed by atoms with E-state index in [4.69, 9.17) is 4.74 Å². The zero-order valence-corrected chi connectivity index (χ0v) is 22.8. The molecule has 0 bridgehead atoms. The molecule has 4 aromatic rings. The monoisotopic (exact) mass is 558 g/mol. The van der Waals surface area contributed by atoms with Crippen LogP contribution in [-0.2, 0) is 15.3 Å². The third kappa shape index (κ3) is 5.86. The maximum absolute atomic E-state index is 13.4. The lowest BCUT2D eigenvalue weighted by atomic mass is 9.95. The number of thioether (sulfide) groups is 1. The minimum absolute atomic E-state index is 0.0143. The van der Waals surface area contributed by atoms with E-state index in [0.29, 0.717) is 33.6 Å². The predicted octanol–water partition coefficient (Wildman–Crippen LogP) is 6.03. The molecule has 1 aliphatic heterocycles. The zero-order chi connectivity index (χ0) is 27.2. The zero-order valence-electron chi connectivity index (χ0n) is 21.2. The van der Waals surface area contributed by atoms with E-state index in [9.17, 15) is 14.7 Å². The summed E-state index contributed by atoms with van der Waals surface area (Å²) in [5.41, 5.74) is 2.16. The number of nitrogens with zero attached hydrogens (tertiary/aromatic N) is 4. The minimum atomic E-state index is -0.886. The van der Waals surface area contributed by atoms with Gasteiger partial charge in [0, 0.05) is 23.7 Å². The smallest absolute Gasteiger partial charge is 0.301 e. The van der Waals surface area contributed by atoms with Gasteiger partial charge in [-0.25, -0.2) is 0 Å². The molecule has 10 heteroatoms. The van der Waals surface area contributed by atoms with Gasteiger partial charge in [-0.3, -0.25) is 19.5 Å². The first-order chi connectivity index (χ1) is 19.1. The fourth-order valence-electron chi connectivity index (χ4n) is 4.17. The molecular weight excluding hydrogens is 532 g/mol. The van der Waals surface area contributed by atoms with Crippen LogP contribution in [0, 0.1) is 0 Å². The maximum Gasteiger partial charge on any atom is 0.301 e. The van der Waals surface area contributed by atoms with Gasteiger partial charge < -0.3 is 9.84 Å². The highest BCUT2D eigenvalue weighted by Gasteiger charge is 2.48. The Balaban J connectivity index is 1.50. The van der Waals surface area contributed by atoms with Crippen LogP contribution in [-0.4, -0.2) is 38.6 Å². The van der Waals surface area contributed by atoms with E-state index in [2.05, 4.69) is 22.1 Å². The number of carbonyl (C=O) groups excluding carboxylic acids is 2. The Bertz CT molecular complexity index is 1470. The van der Waals surface area contributed by atoms with Crippen LogP contribution in [0.15, 0.2) is 89.0 Å². The lowest BCUT2D eigenvalue weighted by Crippen LogP contribution is -2.29. The van der Waals surface area contributed by atoms with E-state index < -0.39 is 17.7 Å². The quantitative estimate of drug-likeness (QED) is 0.0628. The minimum Gasteiger partial charge on any atom is -0.507 e. The first kappa shape index (κ1) is 26.6. The van der Waals surface area contributed by atoms with Gasteiger partial charge in [-0.15, -0.1) is 10.2 Å². The molecule has 0 aliphatic carbocycles. The number of aromatic nitrogens is 3. The molecule has 39 heavy (non-hydrogen) atoms. The number of anilines is 1. The number of ether oxygens (including phenoxy) is 1. The second-order valence-electron chi connectivity index (χ2n) is 8.80. The van der Waals surface area contributed by atoms with Crippen LogP contribution in [0.1, 0.15) is 42.5 Å². The third-order valence-electron chi connectivity index (χ3n) is 6.17. The molecule has 8 nitrogen and oxygen atoms in total. The summed E-state index contributed by atoms with van der Waals surface area (Å²) in [7, 11) is 0. The summed E-state index contributed by atoms with van der Waals surface area (Å²) < 4.78 is 6.46. The highest BCUT2D eigenvalue weighted by molar-refractivity contribution is 8.00. The molecule has 1 N–H and O–H groups in total. The van der Waals surface area contributed by atoms with Crippen molar-refractivity contribution in [3.05, 3.63) is 101 Å². The maximum atomic E-state index is 13.4. The Morgan fingerprint density at radius 2 is 1.77 bits per heavy atom. The normalized spacial score (nSPS) is 16.5. The molecule has 0 saturated carbocycles. The van der Waals surface area contributed by atoms with Gasteiger partial charge in [-0.1, -0.05) is 78.9 Å². The van der Waals surface area contributed by atoms with Crippen molar-refractivity contribution < 1.29 is 19.4 Å². The standard InChI is InChI=1S/C29H26N4O4S2/c1-2-3-17-37-22-11-9-20(10-12-22)24-23(25(34)21-13-15-30-16-14-21)26(35)27(36)33(24)28-31-32-29(39-28)38-18-19-7-5-4-6-8-19/h4-16,24,34H,2-3,17-18H2,1H3/b25-23+. The van der Waals surface area contributed by atoms with E-state index in [-0.39, 0.29) is 16.5 Å². The molecule has 2 aromatic heterocycles. The molecule has 198 valence electrons. The molecule has 3 heterocycles. The number of hydrogen-bond acceptors (Lipinski definition) is 9. The molecule has 0 spiro atoms. The summed E-state index contributed by atoms with van der Waals surface area (Å²) in [4.78, 5) is 32.0. The third-order valence-corrected chi connectivity index (χ3v) is 8.29. The molecule has 1 fully saturated rings. The highest BCUT2D eigenvalue weighted by atomic mass is 32.2. The van der Waals surface area contributed by atoms with Crippen molar-refractivity contribution >= 4 is 45.7 Å². The van der Waals surface area contributed by atoms with Gasteiger partial charge in [0.2, 0.25) is 5.13 Å². The topological polar surface area (TPSA) is 106 Å². The number of Topliss-reactive ketones (excluding diaryl/α,β-unsaturated/α-hetero) is 1. The van der Waals surface area contributed by atoms with E-state index in [0.717, 1.165) is 18.4 Å². The Hall–Kier alpha value is -4.02. The van der Waals surface area contributed by atoms with E-state index in [1.54, 1.807) is 36.4 Å². The van der Waals surface area contributed by atoms with Crippen LogP contribution < -0.4 is 9.64 Å². The molecule has 1 unspecified atom stereocenters. The Kier molecular flexibility index (Phi) is 8.33. The summed E-state index contributed by atoms with van der Waals surface area (Å²) in [6, 6.07) is 19.5. The van der Waals surface area contributed by atoms with Crippen molar-refractivity contribution in [2.75, 3.05) is 11.5 Å². The van der Waals surface area contributed by atoms with Crippen molar-refractivity contribution in [2.24, 2.45) is 0 Å². The fraction of sp³-hybridized carbons (Fsp3) is 0.207. The summed E-state index contributed by atoms with van der Waals surface area (Å²) >= 11 is 2.74. The second kappa shape index (κ2) is 12.2. The summed E-state index contributed by atoms with van der Waals surface area (Å²) in [6.07, 6.45) is 5.00. The lowest BCUT2D eigenvalue weighted by molar-refractivity contribution is -0.132. The fourth-order valence-corrected chi connectivity index (χ4v) is 5.99. The molecule has 1 atom stereocenters. The van der Waals surface area contributed by atoms with Crippen LogP contribution in [0.3, 0.4) is 0 Å². The Labute approximate surface area is 234 Å². The molecule has 1 aliphatic rings. The first-order valence-corrected chi connectivity index (χ1v) is 14.3. The predicted molar refractivity (Wildman–Crippen MR) is 152 cm³/mol. The van der Waals surface area contributed by atoms with Crippen LogP contribution in [0.2, 0.25) is 0 Å². The largest absolute Gasteiger partial charge is 0.507 e. The average molecular weight is 559 g/mol. The first-order valence-electron chi connectivity index (χ1n) is 12.5. The Morgan fingerprint density at radius 3 is 2.49 bits per heavy atom. The van der Waals surface area contributed by atoms with Crippen LogP contribution in [0.5, 0.6) is 5.75 Å². The molecular formula is C29H26N4O4S2. The van der Waals surface area contributed by atoms with Gasteiger partial charge in [0.05, 0.1) is 18.2 Å². The van der Waals surface area contributed by atoms with E-state index in [1.807, 2.05) is 30.3 Å². The molecule has 5 rings (SSSR count). The van der Waals surface area contributed by atoms with Gasteiger partial charge in [-0.05, 0) is 41.8 Å². The van der Waals surface area contributed by atoms with Gasteiger partial charge in [0.1, 0.15) is 11.5 Å². The average Bonchev–Trinajstić information content (AvgIpc) is 3.55. The van der Waals surface area contributed by atoms with Crippen molar-refractivity contribution in [3.63, 3.8) is 0 Å². The van der Waals surface area contributed by atoms with Gasteiger partial charge in [-0.2, -0.15) is 0 Å². The van der Waals surface area contributed by atoms with Crippen LogP contribution >= 0.6 is 23.1 Å². The SMILES string of the molecule is CCCCOc1ccc(C2/C(=C(\O)c3ccncc3)C(=O)C(=O)N2c2nnc(SCc3ccccc3)s2)cc1. The van der Waals surface area contributed by atoms with Crippen molar-refractivity contribution in [2.45, 2.75) is 35.9 Å². The Morgan fingerprint density at radius 1 is 1.03 bits per heavy atom. The van der Waals surface area contributed by atoms with Gasteiger partial charge >= 0.3 is 5.91 Å². The highest BCUT2D eigenvalue weighted by Crippen LogP contribution is 2.44. The van der Waals surface area contributed by atoms with Crippen molar-refractivity contribution in [1.29, 1.82) is 0 Å². The number of aliphatic hydroxyl groups excluding tert-OH is 1. The van der Waals surface area contributed by atoms with Crippen molar-refractivity contribution in [3.8, 4) is 5.75 Å². The number of rotatable bonds is 10. The van der Waals surface area contributed by atoms with Crippen LogP contribution in [0.25, 0.3) is 5.76 Å². The second-order valence-corrected chi connectivity index (χ2v) is 11.0. The lowest BCUT2D eigenvalue weighted by Gasteiger charge is -2.22. The number of carbonyl (C=O) groups is 2. The van der Waals surface area contributed by atoms with Crippen LogP contribution in [0.4, 0.5) is 5.13 Å². The number of unbranched alkanes of at least 4 members (excludes halogenated alkanes) is 1. The van der Waals surface area contributed by atoms with Crippen molar-refractivity contribution in [1.82, 2.24) is 15.2 Å². The summed E-state index contributed by atoms with van der Waals surface area (Å²) in [5.74, 6) is -0.441. The summed E-state index contributed by atoms with van der Waals surface area (Å²) in [5, 5.41) is 20.0. The number of ketones is 1. The molecule has 1 amide bonds. The number of amides is 1. The number of hydrogen-bond donors (Lipinski definition) is 1. The number of aliphatic hydroxyl groups is 1. The van der Waals surface area contributed by atoms with E-state index >= 15 is 0 Å².